The number of benzene rings is 2. The number of nitrogens with zero attached hydrogens (tertiary/aromatic N) is 3. The van der Waals surface area contributed by atoms with Crippen LogP contribution in [0.25, 0.3) is 22.2 Å². The van der Waals surface area contributed by atoms with Gasteiger partial charge in [-0.05, 0) is 36.8 Å². The molecule has 0 atom stereocenters. The molecule has 168 valence electrons. The molecule has 0 bridgehead atoms. The molecule has 0 saturated heterocycles. The molecule has 8 nitrogen and oxygen atoms in total. The van der Waals surface area contributed by atoms with Gasteiger partial charge in [0, 0.05) is 22.4 Å². The molecule has 0 saturated carbocycles. The summed E-state index contributed by atoms with van der Waals surface area (Å²) in [7, 11) is 0. The van der Waals surface area contributed by atoms with Gasteiger partial charge in [-0.15, -0.1) is 0 Å². The molecule has 2 aromatic heterocycles. The van der Waals surface area contributed by atoms with Gasteiger partial charge in [-0.2, -0.15) is 5.10 Å². The van der Waals surface area contributed by atoms with Crippen LogP contribution in [0.15, 0.2) is 54.6 Å². The number of rotatable bonds is 6. The van der Waals surface area contributed by atoms with Gasteiger partial charge in [0.1, 0.15) is 12.4 Å². The molecule has 0 aliphatic heterocycles. The number of amides is 2. The SMILES string of the molecule is CCCc1n[nH]c(=S)n1CC(=O)NNC(=O)c1cc(-c2ccccc2Cl)nc2ccccc12. The zero-order valence-corrected chi connectivity index (χ0v) is 19.3. The Morgan fingerprint density at radius 3 is 2.67 bits per heavy atom. The van der Waals surface area contributed by atoms with E-state index in [2.05, 4.69) is 26.0 Å². The largest absolute Gasteiger partial charge is 0.295 e. The first-order valence-corrected chi connectivity index (χ1v) is 11.1. The summed E-state index contributed by atoms with van der Waals surface area (Å²) in [5, 5.41) is 8.02. The summed E-state index contributed by atoms with van der Waals surface area (Å²) < 4.78 is 1.96. The minimum absolute atomic E-state index is 0.0626. The molecule has 2 amide bonds. The Morgan fingerprint density at radius 1 is 1.12 bits per heavy atom. The number of halogens is 1. The van der Waals surface area contributed by atoms with Crippen molar-refractivity contribution in [3.63, 3.8) is 0 Å². The lowest BCUT2D eigenvalue weighted by Gasteiger charge is -2.12. The molecule has 4 aromatic rings. The lowest BCUT2D eigenvalue weighted by molar-refractivity contribution is -0.122. The summed E-state index contributed by atoms with van der Waals surface area (Å²) in [6, 6.07) is 16.2. The molecule has 2 heterocycles. The van der Waals surface area contributed by atoms with E-state index in [0.717, 1.165) is 6.42 Å². The lowest BCUT2D eigenvalue weighted by atomic mass is 10.0. The lowest BCUT2D eigenvalue weighted by Crippen LogP contribution is -2.43. The van der Waals surface area contributed by atoms with Gasteiger partial charge < -0.3 is 0 Å². The van der Waals surface area contributed by atoms with Crippen LogP contribution in [0.2, 0.25) is 5.02 Å². The summed E-state index contributed by atoms with van der Waals surface area (Å²) >= 11 is 11.5. The predicted molar refractivity (Wildman–Crippen MR) is 129 cm³/mol. The molecule has 2 aromatic carbocycles. The maximum absolute atomic E-state index is 13.0. The third-order valence-electron chi connectivity index (χ3n) is 5.04. The number of carbonyl (C=O) groups excluding carboxylic acids is 2. The van der Waals surface area contributed by atoms with E-state index in [1.54, 1.807) is 22.8 Å². The molecule has 0 fully saturated rings. The normalized spacial score (nSPS) is 10.8. The molecular weight excluding hydrogens is 460 g/mol. The van der Waals surface area contributed by atoms with E-state index in [1.165, 1.54) is 0 Å². The maximum Gasteiger partial charge on any atom is 0.270 e. The fourth-order valence-electron chi connectivity index (χ4n) is 3.47. The van der Waals surface area contributed by atoms with Gasteiger partial charge in [0.05, 0.1) is 16.8 Å². The van der Waals surface area contributed by atoms with Gasteiger partial charge in [0.2, 0.25) is 0 Å². The highest BCUT2D eigenvalue weighted by Gasteiger charge is 2.16. The number of aromatic nitrogens is 4. The number of hydrogen-bond acceptors (Lipinski definition) is 5. The van der Waals surface area contributed by atoms with Crippen molar-refractivity contribution in [3.05, 3.63) is 75.8 Å². The topological polar surface area (TPSA) is 105 Å². The number of aryl methyl sites for hydroxylation is 1. The quantitative estimate of drug-likeness (QED) is 0.283. The smallest absolute Gasteiger partial charge is 0.270 e. The molecular formula is C23H21ClN6O2S. The second kappa shape index (κ2) is 9.93. The molecule has 0 radical (unpaired) electrons. The van der Waals surface area contributed by atoms with E-state index in [4.69, 9.17) is 23.8 Å². The van der Waals surface area contributed by atoms with Gasteiger partial charge in [-0.3, -0.25) is 30.1 Å². The van der Waals surface area contributed by atoms with Crippen LogP contribution in [0.3, 0.4) is 0 Å². The Bertz CT molecular complexity index is 1400. The minimum atomic E-state index is -0.472. The fourth-order valence-corrected chi connectivity index (χ4v) is 3.92. The summed E-state index contributed by atoms with van der Waals surface area (Å²) in [4.78, 5) is 30.2. The highest BCUT2D eigenvalue weighted by molar-refractivity contribution is 7.71. The monoisotopic (exact) mass is 480 g/mol. The molecule has 0 unspecified atom stereocenters. The molecule has 0 aliphatic rings. The maximum atomic E-state index is 13.0. The van der Waals surface area contributed by atoms with Crippen LogP contribution in [0.5, 0.6) is 0 Å². The van der Waals surface area contributed by atoms with Crippen molar-refractivity contribution in [2.24, 2.45) is 0 Å². The van der Waals surface area contributed by atoms with Crippen molar-refractivity contribution in [3.8, 4) is 11.3 Å². The number of hydrogen-bond donors (Lipinski definition) is 3. The Labute approximate surface area is 200 Å². The zero-order chi connectivity index (χ0) is 23.4. The first kappa shape index (κ1) is 22.6. The number of para-hydroxylation sites is 1. The van der Waals surface area contributed by atoms with Crippen LogP contribution in [0.1, 0.15) is 29.5 Å². The average molecular weight is 481 g/mol. The van der Waals surface area contributed by atoms with Crippen molar-refractivity contribution < 1.29 is 9.59 Å². The van der Waals surface area contributed by atoms with Gasteiger partial charge in [-0.1, -0.05) is 54.9 Å². The Kier molecular flexibility index (Phi) is 6.81. The number of nitrogens with one attached hydrogen (secondary N) is 3. The van der Waals surface area contributed by atoms with E-state index < -0.39 is 11.8 Å². The summed E-state index contributed by atoms with van der Waals surface area (Å²) in [6.45, 7) is 1.95. The number of H-pyrrole nitrogens is 1. The number of hydrazine groups is 1. The molecule has 4 rings (SSSR count). The third kappa shape index (κ3) is 4.94. The van der Waals surface area contributed by atoms with E-state index >= 15 is 0 Å². The van der Waals surface area contributed by atoms with Gasteiger partial charge in [0.15, 0.2) is 4.77 Å². The Balaban J connectivity index is 1.57. The predicted octanol–water partition coefficient (Wildman–Crippen LogP) is 4.22. The van der Waals surface area contributed by atoms with Crippen LogP contribution < -0.4 is 10.9 Å². The standard InChI is InChI=1S/C23H21ClN6O2S/c1-2-7-20-26-29-23(33)30(20)13-21(31)27-28-22(32)16-12-19(15-9-3-5-10-17(15)24)25-18-11-6-4-8-14(16)18/h3-6,8-12H,2,7,13H2,1H3,(H,27,31)(H,28,32)(H,29,33). The van der Waals surface area contributed by atoms with Crippen molar-refractivity contribution in [2.45, 2.75) is 26.3 Å². The zero-order valence-electron chi connectivity index (χ0n) is 17.8. The van der Waals surface area contributed by atoms with Gasteiger partial charge in [-0.25, -0.2) is 4.98 Å². The van der Waals surface area contributed by atoms with Gasteiger partial charge in [0.25, 0.3) is 11.8 Å². The van der Waals surface area contributed by atoms with Crippen LogP contribution >= 0.6 is 23.8 Å². The molecule has 3 N–H and O–H groups in total. The van der Waals surface area contributed by atoms with E-state index in [1.807, 2.05) is 43.3 Å². The highest BCUT2D eigenvalue weighted by Crippen LogP contribution is 2.29. The molecule has 33 heavy (non-hydrogen) atoms. The summed E-state index contributed by atoms with van der Waals surface area (Å²) in [5.41, 5.74) is 7.22. The summed E-state index contributed by atoms with van der Waals surface area (Å²) in [6.07, 6.45) is 1.54. The van der Waals surface area contributed by atoms with E-state index in [0.29, 0.717) is 49.8 Å². The number of fused-ring (bicyclic) bond motifs is 1. The molecule has 0 spiro atoms. The number of carbonyl (C=O) groups is 2. The van der Waals surface area contributed by atoms with Crippen LogP contribution in [-0.2, 0) is 17.8 Å². The van der Waals surface area contributed by atoms with Crippen molar-refractivity contribution in [1.29, 1.82) is 0 Å². The molecule has 0 aliphatic carbocycles. The highest BCUT2D eigenvalue weighted by atomic mass is 35.5. The second-order valence-electron chi connectivity index (χ2n) is 7.34. The van der Waals surface area contributed by atoms with Crippen molar-refractivity contribution in [1.82, 2.24) is 30.6 Å². The van der Waals surface area contributed by atoms with Crippen molar-refractivity contribution in [2.75, 3.05) is 0 Å². The van der Waals surface area contributed by atoms with Gasteiger partial charge >= 0.3 is 0 Å². The number of pyridine rings is 1. The van der Waals surface area contributed by atoms with Crippen molar-refractivity contribution >= 4 is 46.5 Å². The fraction of sp³-hybridized carbons (Fsp3) is 0.174. The second-order valence-corrected chi connectivity index (χ2v) is 8.13. The average Bonchev–Trinajstić information content (AvgIpc) is 3.16. The van der Waals surface area contributed by atoms with Crippen LogP contribution in [-0.4, -0.2) is 31.6 Å². The Hall–Kier alpha value is -3.56. The third-order valence-corrected chi connectivity index (χ3v) is 5.68. The van der Waals surface area contributed by atoms with E-state index in [-0.39, 0.29) is 6.54 Å². The first-order valence-electron chi connectivity index (χ1n) is 10.4. The number of aromatic amines is 1. The Morgan fingerprint density at radius 2 is 1.88 bits per heavy atom. The summed E-state index contributed by atoms with van der Waals surface area (Å²) in [5.74, 6) is -0.212. The minimum Gasteiger partial charge on any atom is -0.295 e. The molecule has 10 heteroatoms. The van der Waals surface area contributed by atoms with E-state index in [9.17, 15) is 9.59 Å². The van der Waals surface area contributed by atoms with Crippen LogP contribution in [0, 0.1) is 4.77 Å². The van der Waals surface area contributed by atoms with Crippen LogP contribution in [0.4, 0.5) is 0 Å². The first-order chi connectivity index (χ1) is 16.0.